The zero-order valence-corrected chi connectivity index (χ0v) is 14.0. The molecule has 0 spiro atoms. The van der Waals surface area contributed by atoms with Crippen molar-refractivity contribution in [1.82, 2.24) is 0 Å². The van der Waals surface area contributed by atoms with Gasteiger partial charge in [0.2, 0.25) is 0 Å². The SMILES string of the molecule is CCC(CC(=O)OCC(C)(C)C)C(=O)OCC(C)(C)C. The van der Waals surface area contributed by atoms with Gasteiger partial charge in [0.15, 0.2) is 0 Å². The van der Waals surface area contributed by atoms with E-state index in [9.17, 15) is 9.59 Å². The second-order valence-corrected chi connectivity index (χ2v) is 7.70. The van der Waals surface area contributed by atoms with Gasteiger partial charge in [-0.2, -0.15) is 0 Å². The van der Waals surface area contributed by atoms with Crippen molar-refractivity contribution in [2.45, 2.75) is 61.3 Å². The van der Waals surface area contributed by atoms with E-state index in [0.29, 0.717) is 19.6 Å². The highest BCUT2D eigenvalue weighted by Crippen LogP contribution is 2.18. The minimum absolute atomic E-state index is 0.0654. The second kappa shape index (κ2) is 7.65. The Balaban J connectivity index is 4.26. The van der Waals surface area contributed by atoms with E-state index in [1.54, 1.807) is 0 Å². The zero-order chi connectivity index (χ0) is 16.0. The lowest BCUT2D eigenvalue weighted by atomic mass is 9.98. The van der Waals surface area contributed by atoms with Crippen LogP contribution in [0.1, 0.15) is 61.3 Å². The first kappa shape index (κ1) is 18.9. The minimum Gasteiger partial charge on any atom is -0.465 e. The lowest BCUT2D eigenvalue weighted by molar-refractivity contribution is -0.158. The molecule has 20 heavy (non-hydrogen) atoms. The average Bonchev–Trinajstić information content (AvgIpc) is 2.28. The van der Waals surface area contributed by atoms with Crippen molar-refractivity contribution in [2.24, 2.45) is 16.7 Å². The van der Waals surface area contributed by atoms with Crippen molar-refractivity contribution in [2.75, 3.05) is 13.2 Å². The Bertz CT molecular complexity index is 320. The van der Waals surface area contributed by atoms with Crippen molar-refractivity contribution in [1.29, 1.82) is 0 Å². The zero-order valence-electron chi connectivity index (χ0n) is 14.0. The van der Waals surface area contributed by atoms with E-state index in [4.69, 9.17) is 9.47 Å². The van der Waals surface area contributed by atoms with Crippen LogP contribution >= 0.6 is 0 Å². The highest BCUT2D eigenvalue weighted by Gasteiger charge is 2.25. The van der Waals surface area contributed by atoms with Gasteiger partial charge in [-0.1, -0.05) is 48.5 Å². The van der Waals surface area contributed by atoms with E-state index in [-0.39, 0.29) is 29.2 Å². The van der Waals surface area contributed by atoms with Crippen LogP contribution in [0.3, 0.4) is 0 Å². The van der Waals surface area contributed by atoms with Crippen LogP contribution in [-0.2, 0) is 19.1 Å². The molecule has 0 aromatic rings. The van der Waals surface area contributed by atoms with Gasteiger partial charge in [0.25, 0.3) is 0 Å². The number of carbonyl (C=O) groups is 2. The molecule has 4 heteroatoms. The number of esters is 2. The predicted octanol–water partition coefficient (Wildman–Crippen LogP) is 3.58. The van der Waals surface area contributed by atoms with Gasteiger partial charge >= 0.3 is 11.9 Å². The van der Waals surface area contributed by atoms with Crippen LogP contribution in [-0.4, -0.2) is 25.2 Å². The van der Waals surface area contributed by atoms with E-state index in [1.807, 2.05) is 48.5 Å². The number of hydrogen-bond donors (Lipinski definition) is 0. The summed E-state index contributed by atoms with van der Waals surface area (Å²) in [7, 11) is 0. The molecule has 118 valence electrons. The second-order valence-electron chi connectivity index (χ2n) is 7.70. The summed E-state index contributed by atoms with van der Waals surface area (Å²) in [5.41, 5.74) is -0.134. The molecule has 0 aliphatic carbocycles. The quantitative estimate of drug-likeness (QED) is 0.700. The molecule has 0 radical (unpaired) electrons. The molecule has 0 aromatic heterocycles. The van der Waals surface area contributed by atoms with E-state index in [2.05, 4.69) is 0 Å². The molecule has 0 bridgehead atoms. The Morgan fingerprint density at radius 3 is 1.75 bits per heavy atom. The van der Waals surface area contributed by atoms with Crippen LogP contribution in [0.5, 0.6) is 0 Å². The van der Waals surface area contributed by atoms with Crippen molar-refractivity contribution in [3.05, 3.63) is 0 Å². The smallest absolute Gasteiger partial charge is 0.309 e. The number of ether oxygens (including phenoxy) is 2. The third-order valence-electron chi connectivity index (χ3n) is 2.55. The van der Waals surface area contributed by atoms with Gasteiger partial charge in [-0.25, -0.2) is 0 Å². The first-order valence-electron chi connectivity index (χ1n) is 7.27. The van der Waals surface area contributed by atoms with Gasteiger partial charge in [-0.15, -0.1) is 0 Å². The van der Waals surface area contributed by atoms with Gasteiger partial charge in [0.05, 0.1) is 25.6 Å². The Morgan fingerprint density at radius 1 is 0.900 bits per heavy atom. The Hall–Kier alpha value is -1.06. The van der Waals surface area contributed by atoms with Crippen LogP contribution in [0.15, 0.2) is 0 Å². The highest BCUT2D eigenvalue weighted by atomic mass is 16.5. The van der Waals surface area contributed by atoms with Crippen LogP contribution in [0, 0.1) is 16.7 Å². The van der Waals surface area contributed by atoms with Gasteiger partial charge in [-0.05, 0) is 17.3 Å². The van der Waals surface area contributed by atoms with E-state index in [0.717, 1.165) is 0 Å². The normalized spacial score (nSPS) is 13.8. The minimum atomic E-state index is -0.412. The van der Waals surface area contributed by atoms with Gasteiger partial charge in [-0.3, -0.25) is 9.59 Å². The summed E-state index contributed by atoms with van der Waals surface area (Å²) < 4.78 is 10.4. The molecule has 4 nitrogen and oxygen atoms in total. The largest absolute Gasteiger partial charge is 0.465 e. The number of rotatable bonds is 6. The van der Waals surface area contributed by atoms with Crippen molar-refractivity contribution >= 4 is 11.9 Å². The van der Waals surface area contributed by atoms with Crippen LogP contribution in [0.2, 0.25) is 0 Å². The number of hydrogen-bond acceptors (Lipinski definition) is 4. The molecule has 0 aliphatic heterocycles. The molecule has 1 atom stereocenters. The summed E-state index contributed by atoms with van der Waals surface area (Å²) in [6.07, 6.45) is 0.670. The van der Waals surface area contributed by atoms with Crippen LogP contribution in [0.25, 0.3) is 0 Å². The molecule has 0 saturated carbocycles. The summed E-state index contributed by atoms with van der Waals surface area (Å²) in [6.45, 7) is 14.6. The molecule has 0 aromatic carbocycles. The Morgan fingerprint density at radius 2 is 1.35 bits per heavy atom. The summed E-state index contributed by atoms with van der Waals surface area (Å²) in [5, 5.41) is 0. The van der Waals surface area contributed by atoms with Crippen molar-refractivity contribution < 1.29 is 19.1 Å². The van der Waals surface area contributed by atoms with Crippen LogP contribution < -0.4 is 0 Å². The highest BCUT2D eigenvalue weighted by molar-refractivity contribution is 5.79. The molecule has 0 amide bonds. The van der Waals surface area contributed by atoms with E-state index in [1.165, 1.54) is 0 Å². The van der Waals surface area contributed by atoms with Crippen LogP contribution in [0.4, 0.5) is 0 Å². The summed E-state index contributed by atoms with van der Waals surface area (Å²) in [5.74, 6) is -1.06. The standard InChI is InChI=1S/C16H30O4/c1-8-12(14(18)20-11-16(5,6)7)9-13(17)19-10-15(2,3)4/h12H,8-11H2,1-7H3. The lowest BCUT2D eigenvalue weighted by Crippen LogP contribution is -2.26. The maximum atomic E-state index is 11.9. The molecule has 0 saturated heterocycles. The number of carbonyl (C=O) groups excluding carboxylic acids is 2. The van der Waals surface area contributed by atoms with Gasteiger partial charge in [0, 0.05) is 0 Å². The maximum absolute atomic E-state index is 11.9. The Kier molecular flexibility index (Phi) is 7.25. The topological polar surface area (TPSA) is 52.6 Å². The molecule has 0 rings (SSSR count). The van der Waals surface area contributed by atoms with Gasteiger partial charge < -0.3 is 9.47 Å². The third-order valence-corrected chi connectivity index (χ3v) is 2.55. The first-order valence-corrected chi connectivity index (χ1v) is 7.27. The van der Waals surface area contributed by atoms with E-state index >= 15 is 0 Å². The maximum Gasteiger partial charge on any atom is 0.309 e. The molecule has 0 heterocycles. The van der Waals surface area contributed by atoms with Gasteiger partial charge in [0.1, 0.15) is 0 Å². The fraction of sp³-hybridized carbons (Fsp3) is 0.875. The molecular formula is C16H30O4. The molecule has 0 N–H and O–H groups in total. The molecular weight excluding hydrogens is 256 g/mol. The molecule has 0 aliphatic rings. The van der Waals surface area contributed by atoms with Crippen molar-refractivity contribution in [3.8, 4) is 0 Å². The molecule has 1 unspecified atom stereocenters. The fourth-order valence-corrected chi connectivity index (χ4v) is 1.36. The Labute approximate surface area is 123 Å². The summed E-state index contributed by atoms with van der Waals surface area (Å²) >= 11 is 0. The summed E-state index contributed by atoms with van der Waals surface area (Å²) in [6, 6.07) is 0. The first-order chi connectivity index (χ1) is 8.94. The lowest BCUT2D eigenvalue weighted by Gasteiger charge is -2.21. The predicted molar refractivity (Wildman–Crippen MR) is 79.2 cm³/mol. The third kappa shape index (κ3) is 9.82. The average molecular weight is 286 g/mol. The van der Waals surface area contributed by atoms with E-state index < -0.39 is 5.92 Å². The molecule has 0 fully saturated rings. The summed E-state index contributed by atoms with van der Waals surface area (Å²) in [4.78, 5) is 23.7. The fourth-order valence-electron chi connectivity index (χ4n) is 1.36. The van der Waals surface area contributed by atoms with Crippen molar-refractivity contribution in [3.63, 3.8) is 0 Å². The monoisotopic (exact) mass is 286 g/mol.